The number of benzene rings is 2. The number of carbonyl (C=O) groups is 1. The zero-order valence-corrected chi connectivity index (χ0v) is 13.5. The van der Waals surface area contributed by atoms with E-state index in [4.69, 9.17) is 5.73 Å². The molecule has 3 nitrogen and oxygen atoms in total. The normalized spacial score (nSPS) is 19.6. The summed E-state index contributed by atoms with van der Waals surface area (Å²) in [6, 6.07) is 19.2. The molecule has 0 bridgehead atoms. The molecule has 3 atom stereocenters. The smallest absolute Gasteiger partial charge is 0.218 e. The van der Waals surface area contributed by atoms with Gasteiger partial charge in [0.05, 0.1) is 0 Å². The number of fused-ring (bicyclic) bond motifs is 1. The molecule has 2 aromatic carbocycles. The lowest BCUT2D eigenvalue weighted by Gasteiger charge is -2.35. The molecule has 2 aromatic rings. The highest BCUT2D eigenvalue weighted by Crippen LogP contribution is 2.33. The van der Waals surface area contributed by atoms with Gasteiger partial charge in [0.25, 0.3) is 0 Å². The third-order valence-corrected chi connectivity index (χ3v) is 5.03. The molecule has 1 aliphatic rings. The van der Waals surface area contributed by atoms with Crippen molar-refractivity contribution in [3.05, 3.63) is 71.3 Å². The van der Waals surface area contributed by atoms with Crippen LogP contribution in [0.4, 0.5) is 0 Å². The second-order valence-corrected chi connectivity index (χ2v) is 6.51. The molecule has 0 saturated heterocycles. The Morgan fingerprint density at radius 3 is 2.48 bits per heavy atom. The Labute approximate surface area is 137 Å². The molecule has 23 heavy (non-hydrogen) atoms. The summed E-state index contributed by atoms with van der Waals surface area (Å²) in [5, 5.41) is 3.65. The largest absolute Gasteiger partial charge is 0.370 e. The Hall–Kier alpha value is -2.13. The maximum atomic E-state index is 11.6. The molecule has 3 unspecified atom stereocenters. The van der Waals surface area contributed by atoms with E-state index in [0.29, 0.717) is 18.4 Å². The minimum absolute atomic E-state index is 0.150. The predicted octanol–water partition coefficient (Wildman–Crippen LogP) is 3.00. The quantitative estimate of drug-likeness (QED) is 0.892. The summed E-state index contributed by atoms with van der Waals surface area (Å²) >= 11 is 0. The standard InChI is InChI=1S/C20H24N2O/c1-14(18(12-20(21)23)15-7-3-2-4-8-15)19-11-16-9-5-6-10-17(16)13-22-19/h2-10,14,18-19,22H,11-13H2,1H3,(H2,21,23). The number of primary amides is 1. The van der Waals surface area contributed by atoms with Gasteiger partial charge in [0.1, 0.15) is 0 Å². The number of carbonyl (C=O) groups excluding carboxylic acids is 1. The number of rotatable bonds is 5. The van der Waals surface area contributed by atoms with E-state index < -0.39 is 0 Å². The molecule has 1 heterocycles. The van der Waals surface area contributed by atoms with Crippen LogP contribution < -0.4 is 11.1 Å². The predicted molar refractivity (Wildman–Crippen MR) is 92.9 cm³/mol. The van der Waals surface area contributed by atoms with Crippen LogP contribution in [0.3, 0.4) is 0 Å². The number of nitrogens with two attached hydrogens (primary N) is 1. The fourth-order valence-electron chi connectivity index (χ4n) is 3.66. The molecule has 0 fully saturated rings. The first-order valence-corrected chi connectivity index (χ1v) is 8.28. The Kier molecular flexibility index (Phi) is 4.77. The summed E-state index contributed by atoms with van der Waals surface area (Å²) in [6.07, 6.45) is 1.39. The minimum atomic E-state index is -0.234. The fraction of sp³-hybridized carbons (Fsp3) is 0.350. The van der Waals surface area contributed by atoms with Gasteiger partial charge in [-0.25, -0.2) is 0 Å². The summed E-state index contributed by atoms with van der Waals surface area (Å²) in [6.45, 7) is 3.12. The van der Waals surface area contributed by atoms with E-state index in [9.17, 15) is 4.79 Å². The zero-order valence-electron chi connectivity index (χ0n) is 13.5. The van der Waals surface area contributed by atoms with Crippen LogP contribution in [0.2, 0.25) is 0 Å². The molecule has 3 rings (SSSR count). The van der Waals surface area contributed by atoms with E-state index in [1.165, 1.54) is 16.7 Å². The molecule has 0 spiro atoms. The summed E-state index contributed by atoms with van der Waals surface area (Å²) < 4.78 is 0. The monoisotopic (exact) mass is 308 g/mol. The highest BCUT2D eigenvalue weighted by molar-refractivity contribution is 5.74. The lowest BCUT2D eigenvalue weighted by atomic mass is 9.77. The van der Waals surface area contributed by atoms with Gasteiger partial charge < -0.3 is 11.1 Å². The molecule has 3 heteroatoms. The van der Waals surface area contributed by atoms with Crippen LogP contribution in [0.5, 0.6) is 0 Å². The van der Waals surface area contributed by atoms with Gasteiger partial charge in [-0.15, -0.1) is 0 Å². The maximum Gasteiger partial charge on any atom is 0.218 e. The molecule has 0 aliphatic carbocycles. The summed E-state index contributed by atoms with van der Waals surface area (Å²) in [5.74, 6) is 0.247. The van der Waals surface area contributed by atoms with E-state index in [2.05, 4.69) is 48.6 Å². The zero-order chi connectivity index (χ0) is 16.2. The second kappa shape index (κ2) is 6.97. The van der Waals surface area contributed by atoms with Gasteiger partial charge in [-0.3, -0.25) is 4.79 Å². The van der Waals surface area contributed by atoms with Gasteiger partial charge in [-0.1, -0.05) is 61.5 Å². The van der Waals surface area contributed by atoms with Crippen LogP contribution in [-0.4, -0.2) is 11.9 Å². The number of hydrogen-bond donors (Lipinski definition) is 2. The third kappa shape index (κ3) is 3.62. The van der Waals surface area contributed by atoms with Crippen LogP contribution in [0.25, 0.3) is 0 Å². The molecule has 0 saturated carbocycles. The average molecular weight is 308 g/mol. The highest BCUT2D eigenvalue weighted by Gasteiger charge is 2.30. The topological polar surface area (TPSA) is 55.1 Å². The number of hydrogen-bond acceptors (Lipinski definition) is 2. The first kappa shape index (κ1) is 15.8. The molecule has 0 radical (unpaired) electrons. The highest BCUT2D eigenvalue weighted by atomic mass is 16.1. The van der Waals surface area contributed by atoms with Crippen molar-refractivity contribution in [3.8, 4) is 0 Å². The Morgan fingerprint density at radius 2 is 1.78 bits per heavy atom. The fourth-order valence-corrected chi connectivity index (χ4v) is 3.66. The minimum Gasteiger partial charge on any atom is -0.370 e. The third-order valence-electron chi connectivity index (χ3n) is 5.03. The van der Waals surface area contributed by atoms with Gasteiger partial charge in [-0.05, 0) is 34.9 Å². The second-order valence-electron chi connectivity index (χ2n) is 6.51. The van der Waals surface area contributed by atoms with Gasteiger partial charge >= 0.3 is 0 Å². The van der Waals surface area contributed by atoms with E-state index in [1.54, 1.807) is 0 Å². The molecule has 120 valence electrons. The molecular formula is C20H24N2O. The summed E-state index contributed by atoms with van der Waals surface area (Å²) in [7, 11) is 0. The summed E-state index contributed by atoms with van der Waals surface area (Å²) in [5.41, 5.74) is 9.50. The molecular weight excluding hydrogens is 284 g/mol. The van der Waals surface area contributed by atoms with E-state index in [1.807, 2.05) is 18.2 Å². The Bertz CT molecular complexity index is 668. The van der Waals surface area contributed by atoms with Crippen LogP contribution in [0, 0.1) is 5.92 Å². The van der Waals surface area contributed by atoms with Gasteiger partial charge in [0, 0.05) is 19.0 Å². The van der Waals surface area contributed by atoms with Crippen LogP contribution in [0.1, 0.15) is 36.0 Å². The first-order valence-electron chi connectivity index (χ1n) is 8.28. The van der Waals surface area contributed by atoms with Crippen molar-refractivity contribution in [2.45, 2.75) is 38.3 Å². The Balaban J connectivity index is 1.81. The number of amides is 1. The van der Waals surface area contributed by atoms with Crippen molar-refractivity contribution < 1.29 is 4.79 Å². The number of nitrogens with one attached hydrogen (secondary N) is 1. The van der Waals surface area contributed by atoms with Gasteiger partial charge in [-0.2, -0.15) is 0 Å². The Morgan fingerprint density at radius 1 is 1.13 bits per heavy atom. The van der Waals surface area contributed by atoms with Crippen molar-refractivity contribution in [2.24, 2.45) is 11.7 Å². The lowest BCUT2D eigenvalue weighted by molar-refractivity contribution is -0.118. The average Bonchev–Trinajstić information content (AvgIpc) is 2.59. The summed E-state index contributed by atoms with van der Waals surface area (Å²) in [4.78, 5) is 11.6. The maximum absolute atomic E-state index is 11.6. The van der Waals surface area contributed by atoms with Crippen molar-refractivity contribution >= 4 is 5.91 Å². The van der Waals surface area contributed by atoms with Gasteiger partial charge in [0.2, 0.25) is 5.91 Å². The van der Waals surface area contributed by atoms with E-state index in [0.717, 1.165) is 13.0 Å². The van der Waals surface area contributed by atoms with Crippen molar-refractivity contribution in [3.63, 3.8) is 0 Å². The van der Waals surface area contributed by atoms with E-state index >= 15 is 0 Å². The SMILES string of the molecule is CC(C1Cc2ccccc2CN1)C(CC(N)=O)c1ccccc1. The van der Waals surface area contributed by atoms with Crippen molar-refractivity contribution in [2.75, 3.05) is 0 Å². The van der Waals surface area contributed by atoms with Crippen LogP contribution in [-0.2, 0) is 17.8 Å². The van der Waals surface area contributed by atoms with Gasteiger partial charge in [0.15, 0.2) is 0 Å². The first-order chi connectivity index (χ1) is 11.1. The lowest BCUT2D eigenvalue weighted by Crippen LogP contribution is -2.43. The van der Waals surface area contributed by atoms with E-state index in [-0.39, 0.29) is 11.8 Å². The molecule has 1 aliphatic heterocycles. The van der Waals surface area contributed by atoms with Crippen LogP contribution in [0.15, 0.2) is 54.6 Å². The van der Waals surface area contributed by atoms with Crippen LogP contribution >= 0.6 is 0 Å². The molecule has 1 amide bonds. The van der Waals surface area contributed by atoms with Crippen molar-refractivity contribution in [1.82, 2.24) is 5.32 Å². The van der Waals surface area contributed by atoms with Crippen molar-refractivity contribution in [1.29, 1.82) is 0 Å². The molecule has 3 N–H and O–H groups in total. The molecule has 0 aromatic heterocycles.